The molecule has 0 bridgehead atoms. The van der Waals surface area contributed by atoms with E-state index < -0.39 is 15.6 Å². The molecule has 0 aliphatic rings. The third-order valence-corrected chi connectivity index (χ3v) is 4.36. The Morgan fingerprint density at radius 2 is 2.29 bits per heavy atom. The number of sulfonamides is 1. The summed E-state index contributed by atoms with van der Waals surface area (Å²) in [7, 11) is -1.95. The van der Waals surface area contributed by atoms with Gasteiger partial charge in [-0.2, -0.15) is 16.9 Å². The van der Waals surface area contributed by atoms with Gasteiger partial charge in [-0.05, 0) is 13.2 Å². The first-order chi connectivity index (χ1) is 7.77. The van der Waals surface area contributed by atoms with Crippen LogP contribution in [-0.4, -0.2) is 47.5 Å². The van der Waals surface area contributed by atoms with Crippen LogP contribution in [0.25, 0.3) is 0 Å². The van der Waals surface area contributed by atoms with Crippen LogP contribution in [0.3, 0.4) is 0 Å². The van der Waals surface area contributed by atoms with Crippen LogP contribution < -0.4 is 4.72 Å². The Hall–Kier alpha value is -0.570. The van der Waals surface area contributed by atoms with Gasteiger partial charge in [0, 0.05) is 25.5 Å². The number of nitrogens with one attached hydrogen (secondary N) is 1. The maximum atomic E-state index is 11.8. The third kappa shape index (κ3) is 4.30. The van der Waals surface area contributed by atoms with E-state index in [9.17, 15) is 13.5 Å². The zero-order chi connectivity index (χ0) is 13.1. The van der Waals surface area contributed by atoms with E-state index >= 15 is 0 Å². The van der Waals surface area contributed by atoms with Gasteiger partial charge in [0.2, 0.25) is 10.0 Å². The maximum Gasteiger partial charge on any atom is 0.243 e. The summed E-state index contributed by atoms with van der Waals surface area (Å²) >= 11 is 1.46. The molecular formula is C9H17N3O3S2. The Balaban J connectivity index is 2.69. The van der Waals surface area contributed by atoms with Gasteiger partial charge in [0.15, 0.2) is 0 Å². The van der Waals surface area contributed by atoms with E-state index in [0.29, 0.717) is 5.75 Å². The van der Waals surface area contributed by atoms with Crippen molar-refractivity contribution in [3.8, 4) is 0 Å². The van der Waals surface area contributed by atoms with Crippen LogP contribution in [0, 0.1) is 0 Å². The summed E-state index contributed by atoms with van der Waals surface area (Å²) < 4.78 is 27.4. The second-order valence-corrected chi connectivity index (χ2v) is 6.74. The van der Waals surface area contributed by atoms with Gasteiger partial charge in [0.25, 0.3) is 0 Å². The monoisotopic (exact) mass is 279 g/mol. The lowest BCUT2D eigenvalue weighted by atomic mass is 10.1. The molecule has 0 aliphatic carbocycles. The number of thioether (sulfide) groups is 1. The summed E-state index contributed by atoms with van der Waals surface area (Å²) in [6, 6.07) is 0. The quantitative estimate of drug-likeness (QED) is 0.754. The molecule has 6 nitrogen and oxygen atoms in total. The molecule has 1 rings (SSSR count). The van der Waals surface area contributed by atoms with Crippen molar-refractivity contribution in [2.45, 2.75) is 17.4 Å². The molecule has 1 aromatic heterocycles. The second-order valence-electron chi connectivity index (χ2n) is 4.10. The molecule has 0 saturated heterocycles. The van der Waals surface area contributed by atoms with Gasteiger partial charge in [-0.15, -0.1) is 0 Å². The Labute approximate surface area is 105 Å². The predicted molar refractivity (Wildman–Crippen MR) is 67.4 cm³/mol. The van der Waals surface area contributed by atoms with Gasteiger partial charge >= 0.3 is 0 Å². The van der Waals surface area contributed by atoms with Crippen LogP contribution >= 0.6 is 11.8 Å². The molecule has 98 valence electrons. The summed E-state index contributed by atoms with van der Waals surface area (Å²) in [5, 5.41) is 13.7. The highest BCUT2D eigenvalue weighted by Crippen LogP contribution is 2.11. The summed E-state index contributed by atoms with van der Waals surface area (Å²) in [6.45, 7) is 1.57. The van der Waals surface area contributed by atoms with Gasteiger partial charge in [0.1, 0.15) is 4.90 Å². The average Bonchev–Trinajstić information content (AvgIpc) is 2.63. The van der Waals surface area contributed by atoms with Crippen LogP contribution in [0.5, 0.6) is 0 Å². The molecule has 1 unspecified atom stereocenters. The summed E-state index contributed by atoms with van der Waals surface area (Å²) in [5.74, 6) is 0.461. The number of aliphatic hydroxyl groups is 1. The van der Waals surface area contributed by atoms with Crippen molar-refractivity contribution in [3.05, 3.63) is 12.4 Å². The number of hydrogen-bond acceptors (Lipinski definition) is 5. The van der Waals surface area contributed by atoms with Crippen LogP contribution in [-0.2, 0) is 17.1 Å². The molecule has 8 heteroatoms. The largest absolute Gasteiger partial charge is 0.388 e. The Morgan fingerprint density at radius 3 is 2.76 bits per heavy atom. The van der Waals surface area contributed by atoms with E-state index in [1.54, 1.807) is 14.0 Å². The van der Waals surface area contributed by atoms with E-state index in [1.807, 2.05) is 6.26 Å². The number of aryl methyl sites for hydroxylation is 1. The van der Waals surface area contributed by atoms with Crippen LogP contribution in [0.15, 0.2) is 17.3 Å². The van der Waals surface area contributed by atoms with E-state index in [1.165, 1.54) is 28.8 Å². The van der Waals surface area contributed by atoms with Gasteiger partial charge < -0.3 is 5.11 Å². The SMILES string of the molecule is CSCC(C)(O)CNS(=O)(=O)c1cnn(C)c1. The van der Waals surface area contributed by atoms with Crippen LogP contribution in [0.1, 0.15) is 6.92 Å². The molecule has 0 fully saturated rings. The van der Waals surface area contributed by atoms with E-state index in [4.69, 9.17) is 0 Å². The minimum atomic E-state index is -3.59. The second kappa shape index (κ2) is 5.38. The lowest BCUT2D eigenvalue weighted by Gasteiger charge is -2.22. The zero-order valence-corrected chi connectivity index (χ0v) is 11.7. The van der Waals surface area contributed by atoms with Crippen LogP contribution in [0.2, 0.25) is 0 Å². The molecule has 0 radical (unpaired) electrons. The minimum Gasteiger partial charge on any atom is -0.388 e. The van der Waals surface area contributed by atoms with E-state index in [2.05, 4.69) is 9.82 Å². The van der Waals surface area contributed by atoms with Gasteiger partial charge in [0.05, 0.1) is 11.8 Å². The number of aromatic nitrogens is 2. The van der Waals surface area contributed by atoms with Gasteiger partial charge in [-0.3, -0.25) is 4.68 Å². The molecule has 17 heavy (non-hydrogen) atoms. The van der Waals surface area contributed by atoms with Crippen molar-refractivity contribution in [2.75, 3.05) is 18.6 Å². The standard InChI is InChI=1S/C9H17N3O3S2/c1-9(13,7-16-3)6-11-17(14,15)8-4-10-12(2)5-8/h4-5,11,13H,6-7H2,1-3H3. The average molecular weight is 279 g/mol. The molecule has 0 aliphatic heterocycles. The highest BCUT2D eigenvalue weighted by Gasteiger charge is 2.24. The molecule has 1 heterocycles. The Bertz CT molecular complexity index is 468. The van der Waals surface area contributed by atoms with Crippen molar-refractivity contribution in [1.82, 2.24) is 14.5 Å². The Kier molecular flexibility index (Phi) is 4.59. The summed E-state index contributed by atoms with van der Waals surface area (Å²) in [5.41, 5.74) is -1.06. The predicted octanol–water partition coefficient (Wildman–Crippen LogP) is -0.188. The third-order valence-electron chi connectivity index (χ3n) is 2.09. The first-order valence-electron chi connectivity index (χ1n) is 4.96. The highest BCUT2D eigenvalue weighted by molar-refractivity contribution is 7.98. The topological polar surface area (TPSA) is 84.2 Å². The van der Waals surface area contributed by atoms with Crippen molar-refractivity contribution < 1.29 is 13.5 Å². The van der Waals surface area contributed by atoms with E-state index in [-0.39, 0.29) is 11.4 Å². The van der Waals surface area contributed by atoms with Gasteiger partial charge in [-0.25, -0.2) is 13.1 Å². The number of rotatable bonds is 6. The van der Waals surface area contributed by atoms with Crippen LogP contribution in [0.4, 0.5) is 0 Å². The normalized spacial score (nSPS) is 15.8. The van der Waals surface area contributed by atoms with E-state index in [0.717, 1.165) is 0 Å². The number of nitrogens with zero attached hydrogens (tertiary/aromatic N) is 2. The first-order valence-corrected chi connectivity index (χ1v) is 7.84. The summed E-state index contributed by atoms with van der Waals surface area (Å²) in [6.07, 6.45) is 4.53. The summed E-state index contributed by atoms with van der Waals surface area (Å²) in [4.78, 5) is 0.0972. The Morgan fingerprint density at radius 1 is 1.65 bits per heavy atom. The smallest absolute Gasteiger partial charge is 0.243 e. The van der Waals surface area contributed by atoms with Gasteiger partial charge in [-0.1, -0.05) is 0 Å². The minimum absolute atomic E-state index is 0.0228. The van der Waals surface area contributed by atoms with Crippen molar-refractivity contribution in [1.29, 1.82) is 0 Å². The zero-order valence-electron chi connectivity index (χ0n) is 10.0. The molecule has 1 aromatic rings. The molecule has 0 saturated carbocycles. The lowest BCUT2D eigenvalue weighted by Crippen LogP contribution is -2.42. The highest BCUT2D eigenvalue weighted by atomic mass is 32.2. The maximum absolute atomic E-state index is 11.8. The molecular weight excluding hydrogens is 262 g/mol. The molecule has 0 amide bonds. The molecule has 2 N–H and O–H groups in total. The fourth-order valence-electron chi connectivity index (χ4n) is 1.23. The first kappa shape index (κ1) is 14.5. The lowest BCUT2D eigenvalue weighted by molar-refractivity contribution is 0.0908. The fourth-order valence-corrected chi connectivity index (χ4v) is 3.10. The van der Waals surface area contributed by atoms with Crippen molar-refractivity contribution in [3.63, 3.8) is 0 Å². The molecule has 1 atom stereocenters. The van der Waals surface area contributed by atoms with Crippen molar-refractivity contribution >= 4 is 21.8 Å². The fraction of sp³-hybridized carbons (Fsp3) is 0.667. The molecule has 0 aromatic carbocycles. The molecule has 0 spiro atoms. The van der Waals surface area contributed by atoms with Crippen molar-refractivity contribution in [2.24, 2.45) is 7.05 Å². The number of hydrogen-bond donors (Lipinski definition) is 2.